The molecule has 0 unspecified atom stereocenters. The maximum absolute atomic E-state index is 12.4. The van der Waals surface area contributed by atoms with Gasteiger partial charge in [0, 0.05) is 5.56 Å². The number of allylic oxidation sites excluding steroid dienone is 2. The van der Waals surface area contributed by atoms with Crippen LogP contribution in [0, 0.1) is 0 Å². The van der Waals surface area contributed by atoms with E-state index < -0.39 is 0 Å². The molecule has 0 atom stereocenters. The van der Waals surface area contributed by atoms with Crippen LogP contribution in [0.4, 0.5) is 5.69 Å². The second-order valence-electron chi connectivity index (χ2n) is 4.61. The molecule has 0 saturated heterocycles. The van der Waals surface area contributed by atoms with Gasteiger partial charge in [-0.3, -0.25) is 4.79 Å². The van der Waals surface area contributed by atoms with Crippen molar-refractivity contribution in [3.05, 3.63) is 35.4 Å². The number of rotatable bonds is 3. The summed E-state index contributed by atoms with van der Waals surface area (Å²) in [5, 5.41) is 0. The largest absolute Gasteiger partial charge is 0.495 e. The molecule has 0 aliphatic heterocycles. The Hall–Kier alpha value is -1.77. The van der Waals surface area contributed by atoms with E-state index in [0.717, 1.165) is 24.8 Å². The SMILES string of the molecule is COc1cc(C(=O)C2=CCCCCC2)ccc1N. The van der Waals surface area contributed by atoms with Crippen molar-refractivity contribution in [1.82, 2.24) is 0 Å². The van der Waals surface area contributed by atoms with Gasteiger partial charge in [0.05, 0.1) is 12.8 Å². The zero-order chi connectivity index (χ0) is 13.0. The Morgan fingerprint density at radius 1 is 1.28 bits per heavy atom. The Kier molecular flexibility index (Phi) is 4.03. The van der Waals surface area contributed by atoms with Crippen LogP contribution >= 0.6 is 0 Å². The van der Waals surface area contributed by atoms with E-state index in [0.29, 0.717) is 17.0 Å². The lowest BCUT2D eigenvalue weighted by molar-refractivity contribution is 0.103. The van der Waals surface area contributed by atoms with Crippen molar-refractivity contribution in [2.45, 2.75) is 32.1 Å². The van der Waals surface area contributed by atoms with Gasteiger partial charge < -0.3 is 10.5 Å². The van der Waals surface area contributed by atoms with Gasteiger partial charge in [-0.15, -0.1) is 0 Å². The minimum atomic E-state index is 0.107. The summed E-state index contributed by atoms with van der Waals surface area (Å²) in [5.41, 5.74) is 7.90. The number of benzene rings is 1. The highest BCUT2D eigenvalue weighted by molar-refractivity contribution is 6.09. The summed E-state index contributed by atoms with van der Waals surface area (Å²) in [6.07, 6.45) is 7.46. The van der Waals surface area contributed by atoms with Gasteiger partial charge in [0.2, 0.25) is 0 Å². The van der Waals surface area contributed by atoms with Crippen molar-refractivity contribution in [1.29, 1.82) is 0 Å². The molecule has 0 bridgehead atoms. The van der Waals surface area contributed by atoms with Gasteiger partial charge in [0.25, 0.3) is 0 Å². The Balaban J connectivity index is 2.25. The third-order valence-corrected chi connectivity index (χ3v) is 3.33. The fourth-order valence-electron chi connectivity index (χ4n) is 2.26. The molecule has 1 aromatic carbocycles. The molecule has 0 radical (unpaired) electrons. The van der Waals surface area contributed by atoms with Gasteiger partial charge >= 0.3 is 0 Å². The van der Waals surface area contributed by atoms with Crippen molar-refractivity contribution >= 4 is 11.5 Å². The Morgan fingerprint density at radius 2 is 2.11 bits per heavy atom. The first-order valence-electron chi connectivity index (χ1n) is 6.39. The third-order valence-electron chi connectivity index (χ3n) is 3.33. The van der Waals surface area contributed by atoms with Crippen molar-refractivity contribution in [3.8, 4) is 5.75 Å². The van der Waals surface area contributed by atoms with Crippen LogP contribution in [0.3, 0.4) is 0 Å². The number of hydrogen-bond acceptors (Lipinski definition) is 3. The van der Waals surface area contributed by atoms with Crippen molar-refractivity contribution in [2.24, 2.45) is 0 Å². The maximum Gasteiger partial charge on any atom is 0.188 e. The Bertz CT molecular complexity index is 477. The summed E-state index contributed by atoms with van der Waals surface area (Å²) in [5.74, 6) is 0.672. The molecule has 18 heavy (non-hydrogen) atoms. The summed E-state index contributed by atoms with van der Waals surface area (Å²) < 4.78 is 5.15. The Labute approximate surface area is 108 Å². The molecule has 0 aromatic heterocycles. The number of nitrogen functional groups attached to an aromatic ring is 1. The number of hydrogen-bond donors (Lipinski definition) is 1. The van der Waals surface area contributed by atoms with Crippen LogP contribution in [0.5, 0.6) is 5.75 Å². The predicted octanol–water partition coefficient (Wildman–Crippen LogP) is 3.35. The smallest absolute Gasteiger partial charge is 0.188 e. The molecule has 2 N–H and O–H groups in total. The second kappa shape index (κ2) is 5.71. The van der Waals surface area contributed by atoms with Crippen molar-refractivity contribution in [2.75, 3.05) is 12.8 Å². The summed E-state index contributed by atoms with van der Waals surface area (Å²) in [6, 6.07) is 5.22. The van der Waals surface area contributed by atoms with E-state index in [1.807, 2.05) is 0 Å². The third kappa shape index (κ3) is 2.73. The first-order chi connectivity index (χ1) is 8.72. The van der Waals surface area contributed by atoms with Crippen LogP contribution in [-0.4, -0.2) is 12.9 Å². The summed E-state index contributed by atoms with van der Waals surface area (Å²) in [7, 11) is 1.56. The van der Waals surface area contributed by atoms with E-state index in [4.69, 9.17) is 10.5 Å². The normalized spacial score (nSPS) is 15.7. The van der Waals surface area contributed by atoms with Crippen LogP contribution in [0.1, 0.15) is 42.5 Å². The highest BCUT2D eigenvalue weighted by Gasteiger charge is 2.15. The number of carbonyl (C=O) groups excluding carboxylic acids is 1. The number of anilines is 1. The molecule has 0 amide bonds. The molecule has 2 rings (SSSR count). The number of methoxy groups -OCH3 is 1. The zero-order valence-corrected chi connectivity index (χ0v) is 10.7. The average Bonchev–Trinajstić information content (AvgIpc) is 2.67. The molecule has 0 spiro atoms. The molecule has 0 heterocycles. The van der Waals surface area contributed by atoms with Gasteiger partial charge in [-0.1, -0.05) is 12.5 Å². The van der Waals surface area contributed by atoms with E-state index in [2.05, 4.69) is 6.08 Å². The number of nitrogens with two attached hydrogens (primary N) is 1. The van der Waals surface area contributed by atoms with E-state index in [1.165, 1.54) is 12.8 Å². The minimum Gasteiger partial charge on any atom is -0.495 e. The topological polar surface area (TPSA) is 52.3 Å². The average molecular weight is 245 g/mol. The van der Waals surface area contributed by atoms with E-state index >= 15 is 0 Å². The van der Waals surface area contributed by atoms with Gasteiger partial charge in [-0.2, -0.15) is 0 Å². The quantitative estimate of drug-likeness (QED) is 0.656. The standard InChI is InChI=1S/C15H19NO2/c1-18-14-10-12(8-9-13(14)16)15(17)11-6-4-2-3-5-7-11/h6,8-10H,2-5,7,16H2,1H3. The summed E-state index contributed by atoms with van der Waals surface area (Å²) >= 11 is 0. The first-order valence-corrected chi connectivity index (χ1v) is 6.39. The van der Waals surface area contributed by atoms with Crippen LogP contribution in [0.2, 0.25) is 0 Å². The zero-order valence-electron chi connectivity index (χ0n) is 10.7. The molecule has 0 fully saturated rings. The molecule has 1 aliphatic carbocycles. The lowest BCUT2D eigenvalue weighted by atomic mass is 9.99. The number of ether oxygens (including phenoxy) is 1. The molecule has 0 saturated carbocycles. The molecular formula is C15H19NO2. The molecule has 3 nitrogen and oxygen atoms in total. The predicted molar refractivity (Wildman–Crippen MR) is 72.9 cm³/mol. The van der Waals surface area contributed by atoms with E-state index in [-0.39, 0.29) is 5.78 Å². The minimum absolute atomic E-state index is 0.107. The summed E-state index contributed by atoms with van der Waals surface area (Å²) in [4.78, 5) is 12.4. The fourth-order valence-corrected chi connectivity index (χ4v) is 2.26. The second-order valence-corrected chi connectivity index (χ2v) is 4.61. The lowest BCUT2D eigenvalue weighted by Crippen LogP contribution is -2.04. The lowest BCUT2D eigenvalue weighted by Gasteiger charge is -2.08. The Morgan fingerprint density at radius 3 is 2.89 bits per heavy atom. The fraction of sp³-hybridized carbons (Fsp3) is 0.400. The molecule has 96 valence electrons. The van der Waals surface area contributed by atoms with Gasteiger partial charge in [-0.25, -0.2) is 0 Å². The molecular weight excluding hydrogens is 226 g/mol. The van der Waals surface area contributed by atoms with Gasteiger partial charge in [0.15, 0.2) is 5.78 Å². The monoisotopic (exact) mass is 245 g/mol. The number of carbonyl (C=O) groups is 1. The highest BCUT2D eigenvalue weighted by atomic mass is 16.5. The molecule has 3 heteroatoms. The van der Waals surface area contributed by atoms with Gasteiger partial charge in [-0.05, 0) is 49.5 Å². The van der Waals surface area contributed by atoms with E-state index in [1.54, 1.807) is 25.3 Å². The van der Waals surface area contributed by atoms with E-state index in [9.17, 15) is 4.79 Å². The van der Waals surface area contributed by atoms with Crippen molar-refractivity contribution < 1.29 is 9.53 Å². The van der Waals surface area contributed by atoms with Crippen molar-refractivity contribution in [3.63, 3.8) is 0 Å². The van der Waals surface area contributed by atoms with Crippen LogP contribution in [0.25, 0.3) is 0 Å². The maximum atomic E-state index is 12.4. The highest BCUT2D eigenvalue weighted by Crippen LogP contribution is 2.26. The first kappa shape index (κ1) is 12.7. The van der Waals surface area contributed by atoms with Crippen LogP contribution < -0.4 is 10.5 Å². The van der Waals surface area contributed by atoms with Crippen LogP contribution in [-0.2, 0) is 0 Å². The summed E-state index contributed by atoms with van der Waals surface area (Å²) in [6.45, 7) is 0. The van der Waals surface area contributed by atoms with Crippen LogP contribution in [0.15, 0.2) is 29.8 Å². The number of ketones is 1. The molecule has 1 aliphatic rings. The number of Topliss-reactive ketones (excluding diaryl/α,β-unsaturated/α-hetero) is 1. The molecule has 1 aromatic rings. The van der Waals surface area contributed by atoms with Gasteiger partial charge in [0.1, 0.15) is 5.75 Å².